The Bertz CT molecular complexity index is 2040. The summed E-state index contributed by atoms with van der Waals surface area (Å²) in [4.78, 5) is 53.5. The predicted molar refractivity (Wildman–Crippen MR) is 190 cm³/mol. The van der Waals surface area contributed by atoms with E-state index in [0.29, 0.717) is 81.2 Å². The van der Waals surface area contributed by atoms with Gasteiger partial charge >= 0.3 is 12.3 Å². The first-order valence-corrected chi connectivity index (χ1v) is 17.5. The Kier molecular flexibility index (Phi) is 10.4. The normalized spacial score (nSPS) is 15.8. The molecule has 1 aromatic carbocycles. The van der Waals surface area contributed by atoms with E-state index in [-0.39, 0.29) is 41.6 Å². The van der Waals surface area contributed by atoms with Crippen LogP contribution in [-0.2, 0) is 28.7 Å². The van der Waals surface area contributed by atoms with E-state index in [0.717, 1.165) is 10.2 Å². The van der Waals surface area contributed by atoms with E-state index in [4.69, 9.17) is 11.2 Å². The van der Waals surface area contributed by atoms with Gasteiger partial charge in [-0.15, -0.1) is 6.42 Å². The largest absolute Gasteiger partial charge is 0.444 e. The third-order valence-electron chi connectivity index (χ3n) is 9.34. The van der Waals surface area contributed by atoms with Crippen LogP contribution in [0.1, 0.15) is 62.2 Å². The molecule has 5 heterocycles. The molecule has 1 N–H and O–H groups in total. The minimum absolute atomic E-state index is 0.0543. The summed E-state index contributed by atoms with van der Waals surface area (Å²) in [5, 5.41) is 6.87. The third-order valence-corrected chi connectivity index (χ3v) is 9.34. The number of nitrogens with one attached hydrogen (secondary N) is 1. The molecule has 13 nitrogen and oxygen atoms in total. The fourth-order valence-electron chi connectivity index (χ4n) is 6.70. The Labute approximate surface area is 305 Å². The van der Waals surface area contributed by atoms with E-state index >= 15 is 0 Å². The highest BCUT2D eigenvalue weighted by atomic mass is 19.4. The average molecular weight is 734 g/mol. The quantitative estimate of drug-likeness (QED) is 0.247. The van der Waals surface area contributed by atoms with Crippen LogP contribution < -0.4 is 5.32 Å². The second kappa shape index (κ2) is 14.8. The van der Waals surface area contributed by atoms with Gasteiger partial charge in [0.15, 0.2) is 17.2 Å². The van der Waals surface area contributed by atoms with Crippen LogP contribution in [0.5, 0.6) is 0 Å². The van der Waals surface area contributed by atoms with Gasteiger partial charge in [0, 0.05) is 75.0 Å². The number of hydrogen-bond donors (Lipinski definition) is 1. The van der Waals surface area contributed by atoms with Crippen molar-refractivity contribution in [1.82, 2.24) is 38.8 Å². The van der Waals surface area contributed by atoms with Gasteiger partial charge in [0.2, 0.25) is 5.91 Å². The molecule has 0 radical (unpaired) electrons. The van der Waals surface area contributed by atoms with E-state index in [1.165, 1.54) is 29.2 Å². The van der Waals surface area contributed by atoms with Crippen LogP contribution in [-0.4, -0.2) is 102 Å². The van der Waals surface area contributed by atoms with Crippen molar-refractivity contribution in [3.8, 4) is 23.6 Å². The molecule has 2 aliphatic heterocycles. The van der Waals surface area contributed by atoms with Gasteiger partial charge in [0.05, 0.1) is 17.5 Å². The van der Waals surface area contributed by atoms with Crippen LogP contribution in [0.15, 0.2) is 43.0 Å². The van der Waals surface area contributed by atoms with Gasteiger partial charge in [-0.05, 0) is 63.8 Å². The standard InChI is InChI=1S/C37H42F3N9O4/c1-6-13-48-23-28(30(44-48)37(38,39)40)29-22-42-32-31(41-12-16-49(29)32)43-26-8-9-27(24(7-2)21-26)34(51)46-19-17-45(18-20-46)33(50)25-10-14-47(15-11-25)35(52)53-36(3,4)5/h1,8-9,12,16,21-23,25H,7,10-11,13-15,17-20H2,2-5H3,(H,41,43). The van der Waals surface area contributed by atoms with Gasteiger partial charge in [-0.25, -0.2) is 14.8 Å². The Morgan fingerprint density at radius 3 is 2.34 bits per heavy atom. The Balaban J connectivity index is 1.10. The van der Waals surface area contributed by atoms with Gasteiger partial charge in [-0.2, -0.15) is 18.3 Å². The monoisotopic (exact) mass is 733 g/mol. The van der Waals surface area contributed by atoms with Crippen molar-refractivity contribution in [3.05, 3.63) is 59.8 Å². The van der Waals surface area contributed by atoms with Gasteiger partial charge in [0.1, 0.15) is 12.1 Å². The van der Waals surface area contributed by atoms with Gasteiger partial charge in [-0.3, -0.25) is 18.7 Å². The number of anilines is 2. The van der Waals surface area contributed by atoms with Gasteiger partial charge < -0.3 is 24.8 Å². The number of fused-ring (bicyclic) bond motifs is 1. The van der Waals surface area contributed by atoms with Crippen LogP contribution in [0.2, 0.25) is 0 Å². The number of piperidine rings is 1. The predicted octanol–water partition coefficient (Wildman–Crippen LogP) is 5.48. The summed E-state index contributed by atoms with van der Waals surface area (Å²) in [6.45, 7) is 9.87. The molecule has 4 aromatic rings. The van der Waals surface area contributed by atoms with Crippen LogP contribution in [0.4, 0.5) is 29.5 Å². The highest BCUT2D eigenvalue weighted by Gasteiger charge is 2.39. The maximum Gasteiger partial charge on any atom is 0.435 e. The fourth-order valence-corrected chi connectivity index (χ4v) is 6.70. The zero-order chi connectivity index (χ0) is 38.1. The molecule has 2 saturated heterocycles. The number of nitrogens with zero attached hydrogens (tertiary/aromatic N) is 8. The number of halogens is 3. The number of alkyl halides is 3. The minimum atomic E-state index is -4.71. The second-order valence-electron chi connectivity index (χ2n) is 14.1. The second-order valence-corrected chi connectivity index (χ2v) is 14.1. The van der Waals surface area contributed by atoms with Crippen molar-refractivity contribution in [2.24, 2.45) is 5.92 Å². The molecule has 16 heteroatoms. The molecule has 280 valence electrons. The number of aryl methyl sites for hydroxylation is 1. The number of likely N-dealkylation sites (tertiary alicyclic amines) is 1. The number of carbonyl (C=O) groups excluding carboxylic acids is 3. The summed E-state index contributed by atoms with van der Waals surface area (Å²) in [6.07, 6.45) is 7.48. The number of piperazine rings is 1. The Morgan fingerprint density at radius 2 is 1.70 bits per heavy atom. The maximum absolute atomic E-state index is 13.9. The van der Waals surface area contributed by atoms with Crippen LogP contribution in [0.3, 0.4) is 0 Å². The number of aromatic nitrogens is 5. The van der Waals surface area contributed by atoms with Crippen molar-refractivity contribution in [1.29, 1.82) is 0 Å². The topological polar surface area (TPSA) is 130 Å². The molecule has 3 amide bonds. The first-order valence-electron chi connectivity index (χ1n) is 17.5. The van der Waals surface area contributed by atoms with Crippen molar-refractivity contribution in [2.45, 2.75) is 65.3 Å². The number of hydrogen-bond acceptors (Lipinski definition) is 8. The van der Waals surface area contributed by atoms with Gasteiger partial charge in [0.25, 0.3) is 5.91 Å². The van der Waals surface area contributed by atoms with Gasteiger partial charge in [-0.1, -0.05) is 12.8 Å². The number of benzene rings is 1. The first-order chi connectivity index (χ1) is 25.2. The zero-order valence-electron chi connectivity index (χ0n) is 30.1. The molecular formula is C37H42F3N9O4. The molecule has 2 fully saturated rings. The molecule has 3 aromatic heterocycles. The Hall–Kier alpha value is -5.59. The van der Waals surface area contributed by atoms with Crippen molar-refractivity contribution < 1.29 is 32.3 Å². The molecule has 0 aliphatic carbocycles. The minimum Gasteiger partial charge on any atom is -0.444 e. The molecular weight excluding hydrogens is 691 g/mol. The number of amides is 3. The Morgan fingerprint density at radius 1 is 1.00 bits per heavy atom. The molecule has 0 atom stereocenters. The SMILES string of the molecule is C#CCn1cc(-c2cnc3c(Nc4ccc(C(=O)N5CCN(C(=O)C6CCN(C(=O)OC(C)(C)C)CC6)CC5)c(CC)c4)nccn23)c(C(F)(F)F)n1. The van der Waals surface area contributed by atoms with E-state index in [1.807, 2.05) is 38.7 Å². The highest BCUT2D eigenvalue weighted by Crippen LogP contribution is 2.37. The molecule has 2 aliphatic rings. The van der Waals surface area contributed by atoms with E-state index in [9.17, 15) is 27.6 Å². The van der Waals surface area contributed by atoms with E-state index in [1.54, 1.807) is 21.9 Å². The van der Waals surface area contributed by atoms with Crippen LogP contribution >= 0.6 is 0 Å². The summed E-state index contributed by atoms with van der Waals surface area (Å²) < 4.78 is 49.7. The summed E-state index contributed by atoms with van der Waals surface area (Å²) in [5.41, 5.74) is 0.604. The van der Waals surface area contributed by atoms with Crippen LogP contribution in [0.25, 0.3) is 16.9 Å². The molecule has 0 spiro atoms. The highest BCUT2D eigenvalue weighted by molar-refractivity contribution is 5.96. The third kappa shape index (κ3) is 8.08. The molecule has 0 unspecified atom stereocenters. The molecule has 53 heavy (non-hydrogen) atoms. The lowest BCUT2D eigenvalue weighted by Crippen LogP contribution is -2.53. The van der Waals surface area contributed by atoms with Crippen molar-refractivity contribution in [3.63, 3.8) is 0 Å². The maximum atomic E-state index is 13.9. The van der Waals surface area contributed by atoms with E-state index in [2.05, 4.69) is 26.3 Å². The number of ether oxygens (including phenoxy) is 1. The summed E-state index contributed by atoms with van der Waals surface area (Å²) in [7, 11) is 0. The number of terminal acetylenes is 1. The fraction of sp³-hybridized carbons (Fsp3) is 0.459. The lowest BCUT2D eigenvalue weighted by molar-refractivity contribution is -0.141. The first kappa shape index (κ1) is 37.2. The number of rotatable bonds is 7. The average Bonchev–Trinajstić information content (AvgIpc) is 3.76. The van der Waals surface area contributed by atoms with Crippen molar-refractivity contribution >= 4 is 35.1 Å². The lowest BCUT2D eigenvalue weighted by Gasteiger charge is -2.39. The molecule has 6 rings (SSSR count). The molecule has 0 bridgehead atoms. The zero-order valence-corrected chi connectivity index (χ0v) is 30.1. The number of imidazole rings is 1. The number of carbonyl (C=O) groups is 3. The molecule has 0 saturated carbocycles. The smallest absolute Gasteiger partial charge is 0.435 e. The van der Waals surface area contributed by atoms with E-state index < -0.39 is 17.5 Å². The summed E-state index contributed by atoms with van der Waals surface area (Å²) in [5.74, 6) is 2.36. The summed E-state index contributed by atoms with van der Waals surface area (Å²) >= 11 is 0. The van der Waals surface area contributed by atoms with Crippen LogP contribution in [0, 0.1) is 18.3 Å². The summed E-state index contributed by atoms with van der Waals surface area (Å²) in [6, 6.07) is 5.33. The lowest BCUT2D eigenvalue weighted by atomic mass is 9.95. The van der Waals surface area contributed by atoms with Crippen molar-refractivity contribution in [2.75, 3.05) is 44.6 Å².